The number of benzene rings is 1. The summed E-state index contributed by atoms with van der Waals surface area (Å²) < 4.78 is 5.09. The average molecular weight is 361 g/mol. The van der Waals surface area contributed by atoms with Crippen LogP contribution in [0.4, 0.5) is 0 Å². The van der Waals surface area contributed by atoms with Gasteiger partial charge in [0.15, 0.2) is 0 Å². The molecular weight excluding hydrogens is 340 g/mol. The molecular formula is C16H21BO3Y-2. The molecule has 0 aliphatic rings. The number of hydrogen-bond acceptors (Lipinski definition) is 3. The predicted octanol–water partition coefficient (Wildman–Crippen LogP) is 3.19. The molecule has 1 aromatic rings. The summed E-state index contributed by atoms with van der Waals surface area (Å²) in [7, 11) is 5.11. The Labute approximate surface area is 154 Å². The molecule has 0 saturated heterocycles. The Morgan fingerprint density at radius 2 is 1.71 bits per heavy atom. The van der Waals surface area contributed by atoms with Crippen LogP contribution in [0.3, 0.4) is 0 Å². The van der Waals surface area contributed by atoms with Crippen LogP contribution < -0.4 is 0 Å². The summed E-state index contributed by atoms with van der Waals surface area (Å²) in [6.45, 7) is 10.5. The van der Waals surface area contributed by atoms with Gasteiger partial charge in [0.2, 0.25) is 0 Å². The summed E-state index contributed by atoms with van der Waals surface area (Å²) in [4.78, 5) is 20.3. The van der Waals surface area contributed by atoms with Gasteiger partial charge in [-0.1, -0.05) is 27.7 Å². The van der Waals surface area contributed by atoms with Crippen LogP contribution in [0, 0.1) is 19.9 Å². The van der Waals surface area contributed by atoms with E-state index in [4.69, 9.17) is 12.6 Å². The zero-order valence-electron chi connectivity index (χ0n) is 13.6. The quantitative estimate of drug-likeness (QED) is 0.472. The van der Waals surface area contributed by atoms with Crippen molar-refractivity contribution in [1.82, 2.24) is 0 Å². The number of hydrogen-bond donors (Lipinski definition) is 0. The summed E-state index contributed by atoms with van der Waals surface area (Å²) in [6.07, 6.45) is 1.45. The van der Waals surface area contributed by atoms with Gasteiger partial charge in [0.1, 0.15) is 6.10 Å². The Morgan fingerprint density at radius 3 is 2.00 bits per heavy atom. The Morgan fingerprint density at radius 1 is 1.33 bits per heavy atom. The molecule has 0 spiro atoms. The molecule has 111 valence electrons. The van der Waals surface area contributed by atoms with Gasteiger partial charge in [0, 0.05) is 47.5 Å². The molecule has 0 fully saturated rings. The van der Waals surface area contributed by atoms with Gasteiger partial charge >= 0.3 is 5.97 Å². The topological polar surface area (TPSA) is 43.4 Å². The molecule has 3 radical (unpaired) electrons. The van der Waals surface area contributed by atoms with Gasteiger partial charge in [-0.25, -0.2) is 0 Å². The Kier molecular flexibility index (Phi) is 11.2. The van der Waals surface area contributed by atoms with E-state index in [0.717, 1.165) is 16.7 Å². The smallest absolute Gasteiger partial charge is 0.303 e. The maximum Gasteiger partial charge on any atom is 0.303 e. The van der Waals surface area contributed by atoms with Crippen LogP contribution >= 0.6 is 0 Å². The molecule has 1 rings (SSSR count). The van der Waals surface area contributed by atoms with E-state index < -0.39 is 5.31 Å². The first kappa shape index (κ1) is 22.8. The van der Waals surface area contributed by atoms with E-state index >= 15 is 0 Å². The number of aryl methyl sites for hydroxylation is 2. The Balaban J connectivity index is 0. The van der Waals surface area contributed by atoms with Crippen molar-refractivity contribution in [2.45, 2.75) is 53.0 Å². The second-order valence-corrected chi connectivity index (χ2v) is 5.36. The van der Waals surface area contributed by atoms with Crippen LogP contribution in [0.5, 0.6) is 0 Å². The van der Waals surface area contributed by atoms with E-state index in [1.807, 2.05) is 32.9 Å². The maximum atomic E-state index is 10.8. The summed E-state index contributed by atoms with van der Waals surface area (Å²) in [5, 5.41) is -0.764. The third-order valence-corrected chi connectivity index (χ3v) is 2.24. The van der Waals surface area contributed by atoms with Crippen molar-refractivity contribution >= 4 is 20.1 Å². The molecule has 0 heterocycles. The third-order valence-electron chi connectivity index (χ3n) is 2.24. The van der Waals surface area contributed by atoms with Gasteiger partial charge in [-0.3, -0.25) is 11.1 Å². The number of esters is 1. The van der Waals surface area contributed by atoms with Gasteiger partial charge in [-0.05, 0) is 6.92 Å². The molecule has 0 bridgehead atoms. The van der Waals surface area contributed by atoms with Gasteiger partial charge in [0.05, 0.1) is 0 Å². The van der Waals surface area contributed by atoms with Crippen molar-refractivity contribution in [3.63, 3.8) is 0 Å². The van der Waals surface area contributed by atoms with Crippen LogP contribution in [0.1, 0.15) is 50.5 Å². The van der Waals surface area contributed by atoms with Crippen molar-refractivity contribution in [3.8, 4) is 0 Å². The number of carbonyl (C=O) groups is 1. The molecule has 1 atom stereocenters. The molecule has 0 amide bonds. The summed E-state index contributed by atoms with van der Waals surface area (Å²) >= 11 is 0. The number of carbonyl (C=O) groups excluding carboxylic acids is 2. The molecule has 0 aliphatic heterocycles. The van der Waals surface area contributed by atoms with Crippen molar-refractivity contribution in [2.24, 2.45) is 0 Å². The predicted molar refractivity (Wildman–Crippen MR) is 80.4 cm³/mol. The standard InChI is InChI=1S/C12H15O2.C4H6BO.Y/c1-8-5-9(2)7-12(6-8)10(3)14-11(4)13;1-4(2,5)3-6;/h6-7,10H,1-4H3;1-2H3;/q2*-1;. The van der Waals surface area contributed by atoms with Crippen molar-refractivity contribution < 1.29 is 47.0 Å². The minimum Gasteiger partial charge on any atom is -0.542 e. The van der Waals surface area contributed by atoms with E-state index in [2.05, 4.69) is 6.07 Å². The monoisotopic (exact) mass is 361 g/mol. The molecule has 3 nitrogen and oxygen atoms in total. The van der Waals surface area contributed by atoms with E-state index in [-0.39, 0.29) is 44.8 Å². The molecule has 21 heavy (non-hydrogen) atoms. The SMILES string of the molecule is CC(=O)OC(C)c1cc(C)[c-]c(C)c1.[B]C(C)(C)[C-]=O.[Y]. The minimum atomic E-state index is -0.764. The molecule has 0 aromatic heterocycles. The van der Waals surface area contributed by atoms with Crippen LogP contribution in [0.2, 0.25) is 5.31 Å². The van der Waals surface area contributed by atoms with Crippen molar-refractivity contribution in [3.05, 3.63) is 34.9 Å². The summed E-state index contributed by atoms with van der Waals surface area (Å²) in [5.41, 5.74) is 3.16. The molecule has 1 unspecified atom stereocenters. The van der Waals surface area contributed by atoms with Crippen LogP contribution in [-0.2, 0) is 47.0 Å². The second-order valence-electron chi connectivity index (χ2n) is 5.36. The fourth-order valence-corrected chi connectivity index (χ4v) is 1.48. The summed E-state index contributed by atoms with van der Waals surface area (Å²) in [6, 6.07) is 7.15. The third kappa shape index (κ3) is 11.8. The van der Waals surface area contributed by atoms with Crippen LogP contribution in [0.15, 0.2) is 12.1 Å². The van der Waals surface area contributed by atoms with Gasteiger partial charge in [-0.2, -0.15) is 34.6 Å². The first-order valence-electron chi connectivity index (χ1n) is 6.41. The van der Waals surface area contributed by atoms with E-state index in [1.165, 1.54) is 6.92 Å². The Bertz CT molecular complexity index is 447. The van der Waals surface area contributed by atoms with E-state index in [9.17, 15) is 9.59 Å². The first-order chi connectivity index (χ1) is 9.05. The molecule has 0 N–H and O–H groups in total. The number of rotatable bonds is 3. The summed E-state index contributed by atoms with van der Waals surface area (Å²) in [5.74, 6) is -0.249. The zero-order valence-corrected chi connectivity index (χ0v) is 16.4. The molecule has 5 heteroatoms. The molecule has 0 saturated carbocycles. The van der Waals surface area contributed by atoms with Crippen LogP contribution in [0.25, 0.3) is 0 Å². The molecule has 0 aliphatic carbocycles. The first-order valence-corrected chi connectivity index (χ1v) is 6.41. The van der Waals surface area contributed by atoms with Gasteiger partial charge < -0.3 is 9.53 Å². The zero-order chi connectivity index (χ0) is 15.9. The van der Waals surface area contributed by atoms with E-state index in [0.29, 0.717) is 0 Å². The largest absolute Gasteiger partial charge is 0.542 e. The van der Waals surface area contributed by atoms with Crippen molar-refractivity contribution in [1.29, 1.82) is 0 Å². The molecule has 1 aromatic carbocycles. The fourth-order valence-electron chi connectivity index (χ4n) is 1.48. The van der Waals surface area contributed by atoms with Crippen LogP contribution in [-0.4, -0.2) is 20.1 Å². The fraction of sp³-hybridized carbons (Fsp3) is 0.500. The van der Waals surface area contributed by atoms with E-state index in [1.54, 1.807) is 20.1 Å². The van der Waals surface area contributed by atoms with Gasteiger partial charge in [0.25, 0.3) is 0 Å². The minimum absolute atomic E-state index is 0. The average Bonchev–Trinajstić information content (AvgIpc) is 2.26. The second kappa shape index (κ2) is 10.3. The Hall–Kier alpha value is -0.471. The maximum absolute atomic E-state index is 10.8. The normalized spacial score (nSPS) is 11.3. The van der Waals surface area contributed by atoms with Crippen molar-refractivity contribution in [2.75, 3.05) is 0 Å². The number of ether oxygens (including phenoxy) is 1. The van der Waals surface area contributed by atoms with Gasteiger partial charge in [-0.15, -0.1) is 5.56 Å².